The summed E-state index contributed by atoms with van der Waals surface area (Å²) >= 11 is 0. The Kier molecular flexibility index (Phi) is 6.15. The molecule has 144 valence electrons. The number of hydrogen-bond acceptors (Lipinski definition) is 4. The minimum absolute atomic E-state index is 0.0453. The second-order valence-corrected chi connectivity index (χ2v) is 9.32. The molecule has 2 atom stereocenters. The number of carbonyl (C=O) groups excluding carboxylic acids is 1. The lowest BCUT2D eigenvalue weighted by Gasteiger charge is -2.40. The number of ether oxygens (including phenoxy) is 1. The van der Waals surface area contributed by atoms with E-state index in [9.17, 15) is 9.36 Å². The fourth-order valence-electron chi connectivity index (χ4n) is 3.48. The van der Waals surface area contributed by atoms with Crippen LogP contribution in [-0.4, -0.2) is 36.9 Å². The van der Waals surface area contributed by atoms with Crippen molar-refractivity contribution in [3.05, 3.63) is 54.6 Å². The number of hydrogen-bond donors (Lipinski definition) is 0. The first-order valence-corrected chi connectivity index (χ1v) is 10.8. The van der Waals surface area contributed by atoms with Crippen LogP contribution in [0.2, 0.25) is 0 Å². The fourth-order valence-corrected chi connectivity index (χ4v) is 6.07. The van der Waals surface area contributed by atoms with Crippen molar-refractivity contribution in [3.8, 4) is 11.1 Å². The maximum atomic E-state index is 13.9. The van der Waals surface area contributed by atoms with Crippen molar-refractivity contribution in [2.24, 2.45) is 5.92 Å². The third-order valence-corrected chi connectivity index (χ3v) is 7.44. The van der Waals surface area contributed by atoms with Crippen LogP contribution in [0, 0.1) is 5.92 Å². The molecule has 0 amide bonds. The molecule has 3 rings (SSSR count). The van der Waals surface area contributed by atoms with E-state index in [4.69, 9.17) is 9.26 Å². The Bertz CT molecular complexity index is 820. The number of carbonyl (C=O) groups is 1. The van der Waals surface area contributed by atoms with Gasteiger partial charge in [0.15, 0.2) is 0 Å². The van der Waals surface area contributed by atoms with E-state index in [-0.39, 0.29) is 11.9 Å². The Morgan fingerprint density at radius 1 is 1.07 bits per heavy atom. The average Bonchev–Trinajstić information content (AvgIpc) is 2.70. The molecular formula is C21H26NO4P. The van der Waals surface area contributed by atoms with Gasteiger partial charge in [-0.25, -0.2) is 4.67 Å². The summed E-state index contributed by atoms with van der Waals surface area (Å²) < 4.78 is 26.4. The van der Waals surface area contributed by atoms with Gasteiger partial charge in [0.25, 0.3) is 0 Å². The zero-order valence-corrected chi connectivity index (χ0v) is 16.9. The topological polar surface area (TPSA) is 55.8 Å². The van der Waals surface area contributed by atoms with Gasteiger partial charge in [-0.1, -0.05) is 56.3 Å². The van der Waals surface area contributed by atoms with Crippen molar-refractivity contribution in [1.82, 2.24) is 4.67 Å². The number of esters is 1. The van der Waals surface area contributed by atoms with Gasteiger partial charge in [0.1, 0.15) is 6.04 Å². The summed E-state index contributed by atoms with van der Waals surface area (Å²) in [6.45, 7) is 4.81. The molecule has 2 aromatic rings. The summed E-state index contributed by atoms with van der Waals surface area (Å²) in [6.07, 6.45) is 0.728. The number of nitrogens with zero attached hydrogens (tertiary/aromatic N) is 1. The van der Waals surface area contributed by atoms with Crippen LogP contribution in [0.1, 0.15) is 20.3 Å². The molecular weight excluding hydrogens is 361 g/mol. The molecule has 0 aliphatic carbocycles. The van der Waals surface area contributed by atoms with Crippen molar-refractivity contribution in [1.29, 1.82) is 0 Å². The number of benzene rings is 2. The maximum absolute atomic E-state index is 13.9. The van der Waals surface area contributed by atoms with E-state index >= 15 is 0 Å². The zero-order valence-electron chi connectivity index (χ0n) is 16.0. The van der Waals surface area contributed by atoms with E-state index in [1.54, 1.807) is 4.67 Å². The van der Waals surface area contributed by atoms with Crippen LogP contribution in [0.15, 0.2) is 54.6 Å². The highest BCUT2D eigenvalue weighted by atomic mass is 31.2. The lowest BCUT2D eigenvalue weighted by atomic mass is 10.0. The molecule has 27 heavy (non-hydrogen) atoms. The van der Waals surface area contributed by atoms with Crippen LogP contribution in [-0.2, 0) is 18.6 Å². The van der Waals surface area contributed by atoms with E-state index in [0.29, 0.717) is 18.5 Å². The van der Waals surface area contributed by atoms with Crippen molar-refractivity contribution < 1.29 is 18.6 Å². The molecule has 0 spiro atoms. The van der Waals surface area contributed by atoms with Crippen LogP contribution >= 0.6 is 7.52 Å². The molecule has 1 aliphatic rings. The quantitative estimate of drug-likeness (QED) is 0.571. The van der Waals surface area contributed by atoms with Crippen molar-refractivity contribution >= 4 is 18.8 Å². The lowest BCUT2D eigenvalue weighted by molar-refractivity contribution is -0.147. The molecule has 1 aliphatic heterocycles. The summed E-state index contributed by atoms with van der Waals surface area (Å²) in [5.74, 6) is -0.423. The molecule has 0 radical (unpaired) electrons. The van der Waals surface area contributed by atoms with Gasteiger partial charge < -0.3 is 9.26 Å². The Morgan fingerprint density at radius 2 is 1.70 bits per heavy atom. The Hall–Kier alpha value is -1.94. The smallest absolute Gasteiger partial charge is 0.323 e. The average molecular weight is 387 g/mol. The normalized spacial score (nSPS) is 21.8. The molecule has 1 fully saturated rings. The summed E-state index contributed by atoms with van der Waals surface area (Å²) in [4.78, 5) is 12.4. The fraction of sp³-hybridized carbons (Fsp3) is 0.381. The predicted molar refractivity (Wildman–Crippen MR) is 107 cm³/mol. The summed E-state index contributed by atoms with van der Waals surface area (Å²) in [7, 11) is -1.97. The first kappa shape index (κ1) is 19.8. The zero-order chi connectivity index (χ0) is 19.4. The van der Waals surface area contributed by atoms with Crippen LogP contribution in [0.5, 0.6) is 0 Å². The van der Waals surface area contributed by atoms with E-state index in [1.807, 2.05) is 68.4 Å². The van der Waals surface area contributed by atoms with Gasteiger partial charge in [0.05, 0.1) is 19.0 Å². The van der Waals surface area contributed by atoms with E-state index in [1.165, 1.54) is 7.11 Å². The van der Waals surface area contributed by atoms with Crippen molar-refractivity contribution in [3.63, 3.8) is 0 Å². The van der Waals surface area contributed by atoms with E-state index < -0.39 is 13.6 Å². The minimum Gasteiger partial charge on any atom is -0.468 e. The molecule has 5 nitrogen and oxygen atoms in total. The van der Waals surface area contributed by atoms with Crippen molar-refractivity contribution in [2.75, 3.05) is 20.3 Å². The summed E-state index contributed by atoms with van der Waals surface area (Å²) in [5, 5.41) is 0.608. The van der Waals surface area contributed by atoms with Gasteiger partial charge in [-0.15, -0.1) is 0 Å². The molecule has 0 saturated carbocycles. The Labute approximate surface area is 160 Å². The first-order valence-electron chi connectivity index (χ1n) is 9.23. The SMILES string of the molecule is COC(=O)[C@@H](C(C)C)N1CCCOP1(=O)c1ccc(-c2ccccc2)cc1. The third-order valence-electron chi connectivity index (χ3n) is 4.83. The number of methoxy groups -OCH3 is 1. The predicted octanol–water partition coefficient (Wildman–Crippen LogP) is 4.09. The van der Waals surface area contributed by atoms with Crippen LogP contribution < -0.4 is 5.30 Å². The monoisotopic (exact) mass is 387 g/mol. The maximum Gasteiger partial charge on any atom is 0.323 e. The van der Waals surface area contributed by atoms with E-state index in [0.717, 1.165) is 17.5 Å². The molecule has 6 heteroatoms. The third kappa shape index (κ3) is 4.01. The Balaban J connectivity index is 1.96. The molecule has 1 unspecified atom stereocenters. The lowest BCUT2D eigenvalue weighted by Crippen LogP contribution is -2.47. The molecule has 0 aromatic heterocycles. The first-order chi connectivity index (χ1) is 13.0. The molecule has 0 N–H and O–H groups in total. The van der Waals surface area contributed by atoms with Gasteiger partial charge in [-0.05, 0) is 35.6 Å². The summed E-state index contributed by atoms with van der Waals surface area (Å²) in [6, 6.07) is 17.0. The largest absolute Gasteiger partial charge is 0.468 e. The van der Waals surface area contributed by atoms with Gasteiger partial charge in [0.2, 0.25) is 0 Å². The molecule has 0 bridgehead atoms. The molecule has 1 heterocycles. The summed E-state index contributed by atoms with van der Waals surface area (Å²) in [5.41, 5.74) is 2.14. The highest BCUT2D eigenvalue weighted by Crippen LogP contribution is 2.54. The van der Waals surface area contributed by atoms with Crippen LogP contribution in [0.25, 0.3) is 11.1 Å². The highest BCUT2D eigenvalue weighted by Gasteiger charge is 2.45. The van der Waals surface area contributed by atoms with Gasteiger partial charge in [0, 0.05) is 6.54 Å². The van der Waals surface area contributed by atoms with Gasteiger partial charge in [-0.3, -0.25) is 9.36 Å². The minimum atomic E-state index is -3.33. The van der Waals surface area contributed by atoms with Gasteiger partial charge >= 0.3 is 13.5 Å². The van der Waals surface area contributed by atoms with Gasteiger partial charge in [-0.2, -0.15) is 0 Å². The standard InChI is InChI=1S/C21H26NO4P/c1-16(2)20(21(23)25-3)22-14-7-15-26-27(22,24)19-12-10-18(11-13-19)17-8-5-4-6-9-17/h4-6,8-13,16,20H,7,14-15H2,1-3H3/t20-,27?/m1/s1. The number of rotatable bonds is 5. The second kappa shape index (κ2) is 8.39. The Morgan fingerprint density at radius 3 is 2.30 bits per heavy atom. The molecule has 1 saturated heterocycles. The van der Waals surface area contributed by atoms with E-state index in [2.05, 4.69) is 0 Å². The van der Waals surface area contributed by atoms with Crippen LogP contribution in [0.3, 0.4) is 0 Å². The van der Waals surface area contributed by atoms with Crippen molar-refractivity contribution in [2.45, 2.75) is 26.3 Å². The molecule has 2 aromatic carbocycles. The highest BCUT2D eigenvalue weighted by molar-refractivity contribution is 7.64. The van der Waals surface area contributed by atoms with Crippen LogP contribution in [0.4, 0.5) is 0 Å². The second-order valence-electron chi connectivity index (χ2n) is 7.00.